The second-order valence-electron chi connectivity index (χ2n) is 9.76. The first-order chi connectivity index (χ1) is 13.4. The predicted molar refractivity (Wildman–Crippen MR) is 113 cm³/mol. The minimum absolute atomic E-state index is 0.0858. The zero-order valence-electron chi connectivity index (χ0n) is 17.9. The Bertz CT molecular complexity index is 713. The molecule has 2 atom stereocenters. The van der Waals surface area contributed by atoms with Crippen molar-refractivity contribution in [2.45, 2.75) is 76.9 Å². The van der Waals surface area contributed by atoms with E-state index in [1.807, 2.05) is 11.9 Å². The summed E-state index contributed by atoms with van der Waals surface area (Å²) in [5.41, 5.74) is 2.27. The molecule has 1 amide bonds. The molecule has 2 fully saturated rings. The molecule has 4 nitrogen and oxygen atoms in total. The molecule has 0 radical (unpaired) electrons. The number of aryl methyl sites for hydroxylation is 1. The van der Waals surface area contributed by atoms with E-state index in [1.165, 1.54) is 50.8 Å². The van der Waals surface area contributed by atoms with Gasteiger partial charge in [-0.2, -0.15) is 0 Å². The fraction of sp³-hybridized carbons (Fsp3) is 0.708. The number of carbonyl (C=O) groups excluding carboxylic acids is 1. The molecule has 2 unspecified atom stereocenters. The second kappa shape index (κ2) is 8.06. The van der Waals surface area contributed by atoms with Gasteiger partial charge in [-0.05, 0) is 88.6 Å². The van der Waals surface area contributed by atoms with E-state index < -0.39 is 0 Å². The Kier molecular flexibility index (Phi) is 5.69. The average Bonchev–Trinajstić information content (AvgIpc) is 2.68. The minimum Gasteiger partial charge on any atom is -0.488 e. The number of amides is 1. The molecule has 3 aliphatic heterocycles. The lowest BCUT2D eigenvalue weighted by Crippen LogP contribution is -2.51. The summed E-state index contributed by atoms with van der Waals surface area (Å²) in [6.07, 6.45) is 9.11. The van der Waals surface area contributed by atoms with E-state index in [4.69, 9.17) is 4.74 Å². The van der Waals surface area contributed by atoms with Crippen LogP contribution in [-0.2, 0) is 17.6 Å². The molecule has 3 heterocycles. The van der Waals surface area contributed by atoms with Crippen molar-refractivity contribution in [2.75, 3.05) is 26.7 Å². The van der Waals surface area contributed by atoms with E-state index in [2.05, 4.69) is 36.9 Å². The summed E-state index contributed by atoms with van der Waals surface area (Å²) >= 11 is 0. The van der Waals surface area contributed by atoms with Crippen molar-refractivity contribution in [1.82, 2.24) is 9.80 Å². The molecule has 0 bridgehead atoms. The van der Waals surface area contributed by atoms with Crippen molar-refractivity contribution in [1.29, 1.82) is 0 Å². The number of fused-ring (bicyclic) bond motifs is 2. The van der Waals surface area contributed by atoms with Gasteiger partial charge < -0.3 is 14.5 Å². The highest BCUT2D eigenvalue weighted by atomic mass is 16.5. The third-order valence-electron chi connectivity index (χ3n) is 7.03. The highest BCUT2D eigenvalue weighted by molar-refractivity contribution is 5.78. The van der Waals surface area contributed by atoms with Gasteiger partial charge in [0.1, 0.15) is 11.4 Å². The number of piperidine rings is 2. The Morgan fingerprint density at radius 1 is 1.21 bits per heavy atom. The van der Waals surface area contributed by atoms with Gasteiger partial charge in [-0.15, -0.1) is 0 Å². The lowest BCUT2D eigenvalue weighted by atomic mass is 9.83. The van der Waals surface area contributed by atoms with Crippen molar-refractivity contribution in [3.05, 3.63) is 29.3 Å². The van der Waals surface area contributed by atoms with Crippen LogP contribution in [0, 0.1) is 5.92 Å². The molecule has 0 aliphatic carbocycles. The van der Waals surface area contributed by atoms with Gasteiger partial charge in [0.2, 0.25) is 5.91 Å². The average molecular weight is 385 g/mol. The highest BCUT2D eigenvalue weighted by Crippen LogP contribution is 2.34. The number of carbonyl (C=O) groups is 1. The van der Waals surface area contributed by atoms with Gasteiger partial charge in [0.15, 0.2) is 0 Å². The van der Waals surface area contributed by atoms with Gasteiger partial charge in [0, 0.05) is 19.6 Å². The Balaban J connectivity index is 1.36. The molecule has 4 rings (SSSR count). The monoisotopic (exact) mass is 384 g/mol. The lowest BCUT2D eigenvalue weighted by Gasteiger charge is -2.45. The van der Waals surface area contributed by atoms with Crippen LogP contribution in [0.2, 0.25) is 0 Å². The van der Waals surface area contributed by atoms with Crippen molar-refractivity contribution in [3.63, 3.8) is 0 Å². The van der Waals surface area contributed by atoms with Crippen molar-refractivity contribution in [3.8, 4) is 5.75 Å². The van der Waals surface area contributed by atoms with Crippen LogP contribution in [0.3, 0.4) is 0 Å². The predicted octanol–water partition coefficient (Wildman–Crippen LogP) is 4.06. The Morgan fingerprint density at radius 2 is 2.04 bits per heavy atom. The molecule has 2 saturated heterocycles. The Labute approximate surface area is 170 Å². The molecule has 28 heavy (non-hydrogen) atoms. The molecule has 0 spiro atoms. The number of benzene rings is 1. The smallest absolute Gasteiger partial charge is 0.226 e. The first-order valence-corrected chi connectivity index (χ1v) is 11.2. The molecule has 1 aromatic rings. The molecule has 3 aliphatic rings. The zero-order valence-corrected chi connectivity index (χ0v) is 17.9. The van der Waals surface area contributed by atoms with Crippen molar-refractivity contribution < 1.29 is 9.53 Å². The second-order valence-corrected chi connectivity index (χ2v) is 9.76. The van der Waals surface area contributed by atoms with Gasteiger partial charge in [-0.3, -0.25) is 4.79 Å². The van der Waals surface area contributed by atoms with E-state index >= 15 is 0 Å². The minimum atomic E-state index is -0.0858. The van der Waals surface area contributed by atoms with Crippen LogP contribution in [0.4, 0.5) is 0 Å². The van der Waals surface area contributed by atoms with Crippen LogP contribution in [0.1, 0.15) is 63.5 Å². The highest BCUT2D eigenvalue weighted by Gasteiger charge is 2.34. The lowest BCUT2D eigenvalue weighted by molar-refractivity contribution is -0.130. The van der Waals surface area contributed by atoms with Gasteiger partial charge >= 0.3 is 0 Å². The first kappa shape index (κ1) is 19.8. The number of likely N-dealkylation sites (N-methyl/N-ethyl adjacent to an activating group) is 1. The summed E-state index contributed by atoms with van der Waals surface area (Å²) in [6.45, 7) is 7.70. The van der Waals surface area contributed by atoms with Crippen LogP contribution < -0.4 is 4.74 Å². The van der Waals surface area contributed by atoms with Gasteiger partial charge in [-0.25, -0.2) is 0 Å². The molecular weight excluding hydrogens is 348 g/mol. The molecule has 1 aromatic carbocycles. The summed E-state index contributed by atoms with van der Waals surface area (Å²) in [4.78, 5) is 17.6. The molecule has 0 saturated carbocycles. The quantitative estimate of drug-likeness (QED) is 0.785. The molecule has 4 heteroatoms. The number of hydrogen-bond acceptors (Lipinski definition) is 3. The van der Waals surface area contributed by atoms with E-state index in [0.717, 1.165) is 30.7 Å². The maximum atomic E-state index is 12.9. The van der Waals surface area contributed by atoms with Gasteiger partial charge in [-0.1, -0.05) is 18.6 Å². The summed E-state index contributed by atoms with van der Waals surface area (Å²) in [6, 6.07) is 7.00. The van der Waals surface area contributed by atoms with Crippen molar-refractivity contribution >= 4 is 5.91 Å². The Hall–Kier alpha value is -1.55. The van der Waals surface area contributed by atoms with Crippen molar-refractivity contribution in [2.24, 2.45) is 5.92 Å². The third kappa shape index (κ3) is 4.37. The number of ether oxygens (including phenoxy) is 1. The number of hydrogen-bond donors (Lipinski definition) is 0. The number of rotatable bonds is 4. The van der Waals surface area contributed by atoms with Crippen LogP contribution in [0.15, 0.2) is 18.2 Å². The summed E-state index contributed by atoms with van der Waals surface area (Å²) < 4.78 is 6.08. The fourth-order valence-corrected chi connectivity index (χ4v) is 5.38. The Morgan fingerprint density at radius 3 is 2.89 bits per heavy atom. The molecular formula is C24H36N2O2. The molecule has 0 N–H and O–H groups in total. The van der Waals surface area contributed by atoms with Crippen LogP contribution in [0.5, 0.6) is 5.75 Å². The topological polar surface area (TPSA) is 32.8 Å². The largest absolute Gasteiger partial charge is 0.488 e. The third-order valence-corrected chi connectivity index (χ3v) is 7.03. The fourth-order valence-electron chi connectivity index (χ4n) is 5.38. The first-order valence-electron chi connectivity index (χ1n) is 11.2. The van der Waals surface area contributed by atoms with E-state index in [-0.39, 0.29) is 11.5 Å². The standard InChI is InChI=1S/C24H36N2O2/c1-24(2)12-11-19-15-18(9-10-22(19)28-24)16-23(27)25(3)17-20-7-6-14-26-13-5-4-8-21(20)26/h9-10,15,20-21H,4-8,11-14,16-17H2,1-3H3. The van der Waals surface area contributed by atoms with Crippen LogP contribution in [-0.4, -0.2) is 54.0 Å². The maximum absolute atomic E-state index is 12.9. The zero-order chi connectivity index (χ0) is 19.7. The van der Waals surface area contributed by atoms with E-state index in [1.54, 1.807) is 0 Å². The molecule has 154 valence electrons. The maximum Gasteiger partial charge on any atom is 0.226 e. The normalized spacial score (nSPS) is 26.7. The van der Waals surface area contributed by atoms with E-state index in [0.29, 0.717) is 18.4 Å². The molecule has 0 aromatic heterocycles. The van der Waals surface area contributed by atoms with Gasteiger partial charge in [0.05, 0.1) is 6.42 Å². The summed E-state index contributed by atoms with van der Waals surface area (Å²) in [7, 11) is 1.99. The SMILES string of the molecule is CN(CC1CCCN2CCCCC12)C(=O)Cc1ccc2c(c1)CCC(C)(C)O2. The number of nitrogens with zero attached hydrogens (tertiary/aromatic N) is 2. The summed E-state index contributed by atoms with van der Waals surface area (Å²) in [5, 5.41) is 0. The van der Waals surface area contributed by atoms with E-state index in [9.17, 15) is 4.79 Å². The van der Waals surface area contributed by atoms with Gasteiger partial charge in [0.25, 0.3) is 0 Å². The summed E-state index contributed by atoms with van der Waals surface area (Å²) in [5.74, 6) is 1.87. The van der Waals surface area contributed by atoms with Crippen LogP contribution in [0.25, 0.3) is 0 Å². The van der Waals surface area contributed by atoms with Crippen LogP contribution >= 0.6 is 0 Å².